The quantitative estimate of drug-likeness (QED) is 0.640. The summed E-state index contributed by atoms with van der Waals surface area (Å²) < 4.78 is 4.57. The molecule has 0 aliphatic rings. The largest absolute Gasteiger partial charge is 0.464 e. The topological polar surface area (TPSA) is 67.9 Å². The molecular weight excluding hydrogens is 230 g/mol. The van der Waals surface area contributed by atoms with Crippen LogP contribution in [0.25, 0.3) is 11.4 Å². The minimum atomic E-state index is -0.541. The number of carbonyl (C=O) groups excluding carboxylic acids is 1. The maximum atomic E-state index is 11.3. The van der Waals surface area contributed by atoms with Gasteiger partial charge in [0.25, 0.3) is 0 Å². The van der Waals surface area contributed by atoms with E-state index in [1.807, 2.05) is 0 Å². The maximum absolute atomic E-state index is 11.3. The molecule has 0 fully saturated rings. The molecule has 0 amide bonds. The smallest absolute Gasteiger partial charge is 0.356 e. The molecule has 0 aliphatic carbocycles. The zero-order valence-electron chi connectivity index (χ0n) is 8.40. The lowest BCUT2D eigenvalue weighted by Gasteiger charge is -2.01. The Labute approximate surface area is 96.4 Å². The van der Waals surface area contributed by atoms with E-state index in [-0.39, 0.29) is 10.8 Å². The van der Waals surface area contributed by atoms with E-state index in [0.717, 1.165) is 5.56 Å². The molecule has 2 heterocycles. The summed E-state index contributed by atoms with van der Waals surface area (Å²) in [5.74, 6) is -0.157. The molecule has 82 valence electrons. The number of hydrogen-bond acceptors (Lipinski definition) is 4. The molecule has 0 saturated carbocycles. The van der Waals surface area contributed by atoms with Gasteiger partial charge in [0.15, 0.2) is 11.5 Å². The molecule has 2 rings (SSSR count). The Morgan fingerprint density at radius 1 is 1.50 bits per heavy atom. The van der Waals surface area contributed by atoms with Crippen LogP contribution in [-0.2, 0) is 4.74 Å². The van der Waals surface area contributed by atoms with E-state index in [2.05, 4.69) is 19.7 Å². The number of halogens is 1. The minimum absolute atomic E-state index is 0.138. The predicted octanol–water partition coefficient (Wildman–Crippen LogP) is 1.91. The molecule has 0 spiro atoms. The van der Waals surface area contributed by atoms with Crippen molar-refractivity contribution >= 4 is 17.6 Å². The van der Waals surface area contributed by atoms with Crippen LogP contribution < -0.4 is 0 Å². The summed E-state index contributed by atoms with van der Waals surface area (Å²) in [6, 6.07) is 3.15. The van der Waals surface area contributed by atoms with Crippen LogP contribution in [0.3, 0.4) is 0 Å². The third-order valence-corrected chi connectivity index (χ3v) is 2.14. The standard InChI is InChI=1S/C10H8ClN3O2/c1-16-10(15)7-4-8(11)14-9(13-7)6-2-3-12-5-6/h2-5,12H,1H3. The number of aromatic amines is 1. The van der Waals surface area contributed by atoms with Crippen molar-refractivity contribution in [2.24, 2.45) is 0 Å². The molecule has 0 unspecified atom stereocenters. The van der Waals surface area contributed by atoms with E-state index in [1.54, 1.807) is 18.5 Å². The summed E-state index contributed by atoms with van der Waals surface area (Å²) in [6.07, 6.45) is 3.45. The Morgan fingerprint density at radius 3 is 2.94 bits per heavy atom. The summed E-state index contributed by atoms with van der Waals surface area (Å²) in [5.41, 5.74) is 0.895. The maximum Gasteiger partial charge on any atom is 0.356 e. The van der Waals surface area contributed by atoms with Crippen molar-refractivity contribution in [1.82, 2.24) is 15.0 Å². The molecule has 0 bridgehead atoms. The number of H-pyrrole nitrogens is 1. The van der Waals surface area contributed by atoms with Crippen LogP contribution in [0.5, 0.6) is 0 Å². The van der Waals surface area contributed by atoms with Crippen molar-refractivity contribution in [2.75, 3.05) is 7.11 Å². The third kappa shape index (κ3) is 2.04. The summed E-state index contributed by atoms with van der Waals surface area (Å²) in [5, 5.41) is 0.201. The summed E-state index contributed by atoms with van der Waals surface area (Å²) in [6.45, 7) is 0. The van der Waals surface area contributed by atoms with Crippen molar-refractivity contribution in [3.8, 4) is 11.4 Å². The fraction of sp³-hybridized carbons (Fsp3) is 0.100. The van der Waals surface area contributed by atoms with Gasteiger partial charge < -0.3 is 9.72 Å². The zero-order valence-corrected chi connectivity index (χ0v) is 9.15. The van der Waals surface area contributed by atoms with Gasteiger partial charge in [-0.2, -0.15) is 0 Å². The van der Waals surface area contributed by atoms with E-state index in [4.69, 9.17) is 11.6 Å². The van der Waals surface area contributed by atoms with Crippen LogP contribution in [0.1, 0.15) is 10.5 Å². The molecule has 0 atom stereocenters. The number of methoxy groups -OCH3 is 1. The molecule has 2 aromatic rings. The highest BCUT2D eigenvalue weighted by Crippen LogP contribution is 2.17. The third-order valence-electron chi connectivity index (χ3n) is 1.95. The van der Waals surface area contributed by atoms with E-state index in [1.165, 1.54) is 13.2 Å². The van der Waals surface area contributed by atoms with Gasteiger partial charge >= 0.3 is 5.97 Å². The average molecular weight is 238 g/mol. The number of esters is 1. The van der Waals surface area contributed by atoms with Gasteiger partial charge in [-0.25, -0.2) is 14.8 Å². The fourth-order valence-electron chi connectivity index (χ4n) is 1.22. The van der Waals surface area contributed by atoms with E-state index in [9.17, 15) is 4.79 Å². The molecular formula is C10H8ClN3O2. The number of aromatic nitrogens is 3. The first-order valence-corrected chi connectivity index (χ1v) is 4.84. The van der Waals surface area contributed by atoms with Crippen LogP contribution in [0.2, 0.25) is 5.15 Å². The van der Waals surface area contributed by atoms with Crippen molar-refractivity contribution < 1.29 is 9.53 Å². The van der Waals surface area contributed by atoms with Crippen LogP contribution in [0, 0.1) is 0 Å². The highest BCUT2D eigenvalue weighted by atomic mass is 35.5. The molecule has 2 aromatic heterocycles. The van der Waals surface area contributed by atoms with Crippen LogP contribution >= 0.6 is 11.6 Å². The second kappa shape index (κ2) is 4.32. The number of rotatable bonds is 2. The molecule has 16 heavy (non-hydrogen) atoms. The van der Waals surface area contributed by atoms with Crippen molar-refractivity contribution in [3.05, 3.63) is 35.4 Å². The highest BCUT2D eigenvalue weighted by molar-refractivity contribution is 6.29. The molecule has 6 heteroatoms. The second-order valence-corrected chi connectivity index (χ2v) is 3.38. The number of nitrogens with one attached hydrogen (secondary N) is 1. The summed E-state index contributed by atoms with van der Waals surface area (Å²) in [7, 11) is 1.29. The van der Waals surface area contributed by atoms with Crippen molar-refractivity contribution in [2.45, 2.75) is 0 Å². The van der Waals surface area contributed by atoms with E-state index in [0.29, 0.717) is 5.82 Å². The zero-order chi connectivity index (χ0) is 11.5. The van der Waals surface area contributed by atoms with E-state index < -0.39 is 5.97 Å². The second-order valence-electron chi connectivity index (χ2n) is 2.99. The van der Waals surface area contributed by atoms with Crippen LogP contribution in [-0.4, -0.2) is 28.0 Å². The predicted molar refractivity (Wildman–Crippen MR) is 58.2 cm³/mol. The Kier molecular flexibility index (Phi) is 2.87. The number of hydrogen-bond donors (Lipinski definition) is 1. The molecule has 0 radical (unpaired) electrons. The molecule has 1 N–H and O–H groups in total. The SMILES string of the molecule is COC(=O)c1cc(Cl)nc(-c2cc[nH]c2)n1. The summed E-state index contributed by atoms with van der Waals surface area (Å²) in [4.78, 5) is 22.3. The Balaban J connectivity index is 2.48. The van der Waals surface area contributed by atoms with Crippen LogP contribution in [0.15, 0.2) is 24.5 Å². The lowest BCUT2D eigenvalue weighted by atomic mass is 10.3. The lowest BCUT2D eigenvalue weighted by molar-refractivity contribution is 0.0594. The van der Waals surface area contributed by atoms with Gasteiger partial charge in [-0.1, -0.05) is 11.6 Å². The van der Waals surface area contributed by atoms with Gasteiger partial charge in [-0.15, -0.1) is 0 Å². The van der Waals surface area contributed by atoms with Gasteiger partial charge in [0, 0.05) is 24.0 Å². The van der Waals surface area contributed by atoms with Crippen molar-refractivity contribution in [1.29, 1.82) is 0 Å². The van der Waals surface area contributed by atoms with Crippen molar-refractivity contribution in [3.63, 3.8) is 0 Å². The lowest BCUT2D eigenvalue weighted by Crippen LogP contribution is -2.06. The first kappa shape index (κ1) is 10.6. The number of ether oxygens (including phenoxy) is 1. The summed E-state index contributed by atoms with van der Waals surface area (Å²) >= 11 is 5.80. The normalized spacial score (nSPS) is 10.1. The van der Waals surface area contributed by atoms with Gasteiger partial charge in [-0.3, -0.25) is 0 Å². The molecule has 5 nitrogen and oxygen atoms in total. The fourth-order valence-corrected chi connectivity index (χ4v) is 1.40. The Hall–Kier alpha value is -1.88. The monoisotopic (exact) mass is 237 g/mol. The Bertz CT molecular complexity index is 511. The van der Waals surface area contributed by atoms with Gasteiger partial charge in [0.2, 0.25) is 0 Å². The first-order valence-electron chi connectivity index (χ1n) is 4.47. The van der Waals surface area contributed by atoms with Crippen LogP contribution in [0.4, 0.5) is 0 Å². The molecule has 0 aliphatic heterocycles. The Morgan fingerprint density at radius 2 is 2.31 bits per heavy atom. The molecule has 0 aromatic carbocycles. The number of carbonyl (C=O) groups is 1. The van der Waals surface area contributed by atoms with Gasteiger partial charge in [-0.05, 0) is 6.07 Å². The van der Waals surface area contributed by atoms with Gasteiger partial charge in [0.1, 0.15) is 5.15 Å². The number of nitrogens with zero attached hydrogens (tertiary/aromatic N) is 2. The van der Waals surface area contributed by atoms with Gasteiger partial charge in [0.05, 0.1) is 7.11 Å². The minimum Gasteiger partial charge on any atom is -0.464 e. The average Bonchev–Trinajstić information content (AvgIpc) is 2.80. The highest BCUT2D eigenvalue weighted by Gasteiger charge is 2.12. The molecule has 0 saturated heterocycles. The van der Waals surface area contributed by atoms with E-state index >= 15 is 0 Å². The first-order chi connectivity index (χ1) is 7.70.